The van der Waals surface area contributed by atoms with Crippen LogP contribution in [0.15, 0.2) is 29.2 Å². The van der Waals surface area contributed by atoms with Crippen molar-refractivity contribution in [2.45, 2.75) is 11.8 Å². The Kier molecular flexibility index (Phi) is 4.88. The fraction of sp³-hybridized carbons (Fsp3) is 0.400. The lowest BCUT2D eigenvalue weighted by molar-refractivity contribution is -0.0607. The van der Waals surface area contributed by atoms with E-state index in [1.807, 2.05) is 0 Å². The van der Waals surface area contributed by atoms with Gasteiger partial charge in [0.25, 0.3) is 0 Å². The van der Waals surface area contributed by atoms with Gasteiger partial charge in [0.05, 0.1) is 22.9 Å². The number of hydrazine groups is 1. The molecule has 0 saturated heterocycles. The Balaban J connectivity index is 2.93. The average molecular weight is 260 g/mol. The molecule has 0 aliphatic rings. The van der Waals surface area contributed by atoms with Gasteiger partial charge in [-0.15, -0.1) is 5.17 Å². The van der Waals surface area contributed by atoms with Crippen molar-refractivity contribution in [2.75, 3.05) is 24.3 Å². The number of nitrogens with zero attached hydrogens (tertiary/aromatic N) is 1. The molecule has 0 amide bonds. The van der Waals surface area contributed by atoms with Crippen LogP contribution in [-0.2, 0) is 9.84 Å². The van der Waals surface area contributed by atoms with Gasteiger partial charge in [0.1, 0.15) is 0 Å². The molecule has 1 aromatic rings. The molecule has 0 fully saturated rings. The van der Waals surface area contributed by atoms with E-state index in [4.69, 9.17) is 5.11 Å². The van der Waals surface area contributed by atoms with Gasteiger partial charge in [-0.1, -0.05) is 6.07 Å². The molecule has 7 heteroatoms. The zero-order chi connectivity index (χ0) is 12.9. The van der Waals surface area contributed by atoms with Gasteiger partial charge < -0.3 is 5.11 Å². The summed E-state index contributed by atoms with van der Waals surface area (Å²) in [5, 5.41) is 18.8. The summed E-state index contributed by atoms with van der Waals surface area (Å²) in [5.41, 5.74) is 3.07. The lowest BCUT2D eigenvalue weighted by Gasteiger charge is -2.15. The maximum atomic E-state index is 11.7. The van der Waals surface area contributed by atoms with E-state index in [-0.39, 0.29) is 10.6 Å². The lowest BCUT2D eigenvalue weighted by atomic mass is 10.3. The van der Waals surface area contributed by atoms with E-state index in [2.05, 4.69) is 5.43 Å². The van der Waals surface area contributed by atoms with Crippen LogP contribution in [-0.4, -0.2) is 42.8 Å². The summed E-state index contributed by atoms with van der Waals surface area (Å²) in [6, 6.07) is 6.06. The van der Waals surface area contributed by atoms with Crippen molar-refractivity contribution in [3.05, 3.63) is 24.3 Å². The number of aliphatic hydroxyl groups excluding tert-OH is 1. The Labute approximate surface area is 100 Å². The Morgan fingerprint density at radius 1 is 1.41 bits per heavy atom. The number of anilines is 1. The highest BCUT2D eigenvalue weighted by Gasteiger charge is 2.14. The van der Waals surface area contributed by atoms with E-state index >= 15 is 0 Å². The smallest absolute Gasteiger partial charge is 0.180 e. The van der Waals surface area contributed by atoms with Crippen LogP contribution in [0.1, 0.15) is 6.92 Å². The molecular formula is C10H16N2O4S. The van der Waals surface area contributed by atoms with E-state index in [1.165, 1.54) is 12.1 Å². The van der Waals surface area contributed by atoms with Crippen LogP contribution in [0.4, 0.5) is 5.69 Å². The molecule has 0 bridgehead atoms. The number of benzene rings is 1. The van der Waals surface area contributed by atoms with Gasteiger partial charge in [-0.05, 0) is 25.1 Å². The molecule has 0 radical (unpaired) electrons. The number of nitrogens with one attached hydrogen (secondary N) is 1. The second-order valence-electron chi connectivity index (χ2n) is 3.40. The van der Waals surface area contributed by atoms with Crippen LogP contribution < -0.4 is 5.43 Å². The molecule has 0 aromatic heterocycles. The number of aliphatic hydroxyl groups is 1. The number of hydroxylamine groups is 1. The van der Waals surface area contributed by atoms with E-state index in [9.17, 15) is 13.6 Å². The molecule has 96 valence electrons. The van der Waals surface area contributed by atoms with Gasteiger partial charge in [0, 0.05) is 6.54 Å². The summed E-state index contributed by atoms with van der Waals surface area (Å²) in [6.45, 7) is 1.67. The molecule has 3 N–H and O–H groups in total. The summed E-state index contributed by atoms with van der Waals surface area (Å²) < 4.78 is 23.4. The fourth-order valence-electron chi connectivity index (χ4n) is 1.23. The minimum Gasteiger partial charge on any atom is -0.395 e. The van der Waals surface area contributed by atoms with Gasteiger partial charge in [-0.3, -0.25) is 10.6 Å². The third-order valence-corrected chi connectivity index (χ3v) is 3.80. The normalized spacial score (nSPS) is 11.8. The quantitative estimate of drug-likeness (QED) is 0.645. The first-order chi connectivity index (χ1) is 7.99. The standard InChI is InChI=1S/C10H16N2O4S/c1-2-12(14)11-9-4-3-5-10(8-9)17(15,16)7-6-13/h3-5,8,11,13-14H,2,6-7H2,1H3. The predicted molar refractivity (Wildman–Crippen MR) is 63.4 cm³/mol. The van der Waals surface area contributed by atoms with E-state index in [1.54, 1.807) is 19.1 Å². The molecular weight excluding hydrogens is 244 g/mol. The second kappa shape index (κ2) is 5.97. The molecule has 0 spiro atoms. The zero-order valence-corrected chi connectivity index (χ0v) is 10.3. The SMILES string of the molecule is CCN(O)Nc1cccc(S(=O)(=O)CCO)c1. The number of hydrogen-bond acceptors (Lipinski definition) is 6. The van der Waals surface area contributed by atoms with Crippen molar-refractivity contribution in [3.8, 4) is 0 Å². The fourth-order valence-corrected chi connectivity index (χ4v) is 2.29. The molecule has 0 heterocycles. The molecule has 1 rings (SSSR count). The molecule has 0 unspecified atom stereocenters. The van der Waals surface area contributed by atoms with Crippen molar-refractivity contribution in [2.24, 2.45) is 0 Å². The largest absolute Gasteiger partial charge is 0.395 e. The zero-order valence-electron chi connectivity index (χ0n) is 9.50. The number of hydrogen-bond donors (Lipinski definition) is 3. The van der Waals surface area contributed by atoms with Crippen molar-refractivity contribution in [1.29, 1.82) is 0 Å². The minimum absolute atomic E-state index is 0.112. The Morgan fingerprint density at radius 2 is 2.12 bits per heavy atom. The maximum Gasteiger partial charge on any atom is 0.180 e. The minimum atomic E-state index is -3.47. The molecule has 6 nitrogen and oxygen atoms in total. The average Bonchev–Trinajstić information content (AvgIpc) is 2.29. The van der Waals surface area contributed by atoms with E-state index in [0.29, 0.717) is 12.2 Å². The third-order valence-electron chi connectivity index (χ3n) is 2.11. The number of sulfone groups is 1. The Morgan fingerprint density at radius 3 is 2.71 bits per heavy atom. The van der Waals surface area contributed by atoms with Crippen LogP contribution in [0.2, 0.25) is 0 Å². The van der Waals surface area contributed by atoms with Crippen LogP contribution in [0, 0.1) is 0 Å². The summed E-state index contributed by atoms with van der Waals surface area (Å²) in [6.07, 6.45) is 0. The molecule has 0 atom stereocenters. The maximum absolute atomic E-state index is 11.7. The first-order valence-electron chi connectivity index (χ1n) is 5.16. The highest BCUT2D eigenvalue weighted by atomic mass is 32.2. The highest BCUT2D eigenvalue weighted by Crippen LogP contribution is 2.16. The summed E-state index contributed by atoms with van der Waals surface area (Å²) in [4.78, 5) is 0.112. The topological polar surface area (TPSA) is 89.9 Å². The van der Waals surface area contributed by atoms with Gasteiger partial charge in [-0.2, -0.15) is 0 Å². The lowest BCUT2D eigenvalue weighted by Crippen LogP contribution is -2.25. The van der Waals surface area contributed by atoms with Crippen molar-refractivity contribution in [3.63, 3.8) is 0 Å². The molecule has 1 aromatic carbocycles. The first-order valence-corrected chi connectivity index (χ1v) is 6.81. The van der Waals surface area contributed by atoms with Crippen LogP contribution in [0.5, 0.6) is 0 Å². The van der Waals surface area contributed by atoms with Crippen molar-refractivity contribution < 1.29 is 18.7 Å². The van der Waals surface area contributed by atoms with Crippen LogP contribution in [0.25, 0.3) is 0 Å². The van der Waals surface area contributed by atoms with E-state index in [0.717, 1.165) is 5.17 Å². The first kappa shape index (κ1) is 13.9. The van der Waals surface area contributed by atoms with Gasteiger partial charge in [0.2, 0.25) is 0 Å². The molecule has 0 saturated carbocycles. The highest BCUT2D eigenvalue weighted by molar-refractivity contribution is 7.91. The van der Waals surface area contributed by atoms with Gasteiger partial charge >= 0.3 is 0 Å². The second-order valence-corrected chi connectivity index (χ2v) is 5.51. The van der Waals surface area contributed by atoms with Crippen molar-refractivity contribution >= 4 is 15.5 Å². The molecule has 0 aliphatic carbocycles. The summed E-state index contributed by atoms with van der Waals surface area (Å²) >= 11 is 0. The molecule has 17 heavy (non-hydrogen) atoms. The Hall–Kier alpha value is -1.15. The van der Waals surface area contributed by atoms with Gasteiger partial charge in [-0.25, -0.2) is 8.42 Å². The van der Waals surface area contributed by atoms with Crippen LogP contribution >= 0.6 is 0 Å². The predicted octanol–water partition coefficient (Wildman–Crippen LogP) is 0.491. The van der Waals surface area contributed by atoms with E-state index < -0.39 is 16.4 Å². The number of rotatable bonds is 6. The van der Waals surface area contributed by atoms with Crippen LogP contribution in [0.3, 0.4) is 0 Å². The summed E-state index contributed by atoms with van der Waals surface area (Å²) in [7, 11) is -3.47. The summed E-state index contributed by atoms with van der Waals surface area (Å²) in [5.74, 6) is -0.312. The Bertz CT molecular complexity index is 461. The van der Waals surface area contributed by atoms with Crippen molar-refractivity contribution in [1.82, 2.24) is 5.17 Å². The monoisotopic (exact) mass is 260 g/mol. The molecule has 0 aliphatic heterocycles. The van der Waals surface area contributed by atoms with Gasteiger partial charge in [0.15, 0.2) is 9.84 Å². The third kappa shape index (κ3) is 3.97.